The summed E-state index contributed by atoms with van der Waals surface area (Å²) in [5.41, 5.74) is -0.691. The molecule has 0 aliphatic heterocycles. The Morgan fingerprint density at radius 1 is 1.50 bits per heavy atom. The molecule has 0 aromatic heterocycles. The molecule has 3 N–H and O–H groups in total. The highest BCUT2D eigenvalue weighted by atomic mass is 16.3. The third kappa shape index (κ3) is 2.44. The maximum absolute atomic E-state index is 9.67. The van der Waals surface area contributed by atoms with Crippen molar-refractivity contribution in [3.8, 4) is 0 Å². The van der Waals surface area contributed by atoms with Crippen LogP contribution in [0.15, 0.2) is 0 Å². The van der Waals surface area contributed by atoms with E-state index in [0.29, 0.717) is 6.54 Å². The third-order valence-electron chi connectivity index (χ3n) is 2.76. The molecule has 0 radical (unpaired) electrons. The van der Waals surface area contributed by atoms with E-state index in [1.54, 1.807) is 0 Å². The topological polar surface area (TPSA) is 52.5 Å². The van der Waals surface area contributed by atoms with E-state index < -0.39 is 5.60 Å². The second-order valence-electron chi connectivity index (χ2n) is 4.14. The van der Waals surface area contributed by atoms with E-state index >= 15 is 0 Å². The highest BCUT2D eigenvalue weighted by molar-refractivity contribution is 5.02. The molecule has 1 atom stereocenters. The fraction of sp³-hybridized carbons (Fsp3) is 1.00. The van der Waals surface area contributed by atoms with Gasteiger partial charge in [0.2, 0.25) is 0 Å². The van der Waals surface area contributed by atoms with E-state index in [9.17, 15) is 5.11 Å². The van der Waals surface area contributed by atoms with Crippen LogP contribution >= 0.6 is 0 Å². The van der Waals surface area contributed by atoms with Crippen LogP contribution in [0.2, 0.25) is 0 Å². The van der Waals surface area contributed by atoms with Gasteiger partial charge in [-0.25, -0.2) is 0 Å². The lowest BCUT2D eigenvalue weighted by Gasteiger charge is -2.25. The molecule has 0 aromatic carbocycles. The molecule has 3 heteroatoms. The molecule has 1 unspecified atom stereocenters. The second-order valence-corrected chi connectivity index (χ2v) is 4.14. The largest absolute Gasteiger partial charge is 0.394 e. The molecule has 0 spiro atoms. The van der Waals surface area contributed by atoms with Crippen LogP contribution < -0.4 is 5.32 Å². The van der Waals surface area contributed by atoms with Crippen molar-refractivity contribution in [3.63, 3.8) is 0 Å². The first-order valence-electron chi connectivity index (χ1n) is 4.62. The zero-order valence-electron chi connectivity index (χ0n) is 7.93. The monoisotopic (exact) mass is 173 g/mol. The van der Waals surface area contributed by atoms with Crippen molar-refractivity contribution in [2.75, 3.05) is 13.2 Å². The minimum Gasteiger partial charge on any atom is -0.394 e. The van der Waals surface area contributed by atoms with Gasteiger partial charge in [-0.05, 0) is 26.2 Å². The summed E-state index contributed by atoms with van der Waals surface area (Å²) in [5, 5.41) is 21.9. The zero-order valence-corrected chi connectivity index (χ0v) is 7.93. The lowest BCUT2D eigenvalue weighted by molar-refractivity contribution is 0.0484. The summed E-state index contributed by atoms with van der Waals surface area (Å²) >= 11 is 0. The summed E-state index contributed by atoms with van der Waals surface area (Å²) in [5.74, 6) is 0. The minimum absolute atomic E-state index is 0.0564. The predicted octanol–water partition coefficient (Wildman–Crippen LogP) is 0.262. The Morgan fingerprint density at radius 2 is 2.08 bits per heavy atom. The van der Waals surface area contributed by atoms with Crippen molar-refractivity contribution in [2.45, 2.75) is 44.2 Å². The standard InChI is InChI=1S/C9H19NO2/c1-3-8(2,12)6-10-9(7-11)4-5-9/h10-12H,3-7H2,1-2H3. The smallest absolute Gasteiger partial charge is 0.0741 e. The van der Waals surface area contributed by atoms with Crippen molar-refractivity contribution in [2.24, 2.45) is 0 Å². The SMILES string of the molecule is CCC(C)(O)CNC1(CO)CC1. The maximum atomic E-state index is 9.67. The second kappa shape index (κ2) is 3.32. The van der Waals surface area contributed by atoms with E-state index in [2.05, 4.69) is 5.32 Å². The summed E-state index contributed by atoms with van der Waals surface area (Å²) in [6.45, 7) is 4.53. The first-order chi connectivity index (χ1) is 5.54. The van der Waals surface area contributed by atoms with Crippen molar-refractivity contribution < 1.29 is 10.2 Å². The maximum Gasteiger partial charge on any atom is 0.0741 e. The Labute approximate surface area is 73.8 Å². The number of nitrogens with one attached hydrogen (secondary N) is 1. The lowest BCUT2D eigenvalue weighted by atomic mass is 10.0. The van der Waals surface area contributed by atoms with Crippen LogP contribution in [-0.4, -0.2) is 34.5 Å². The van der Waals surface area contributed by atoms with E-state index in [1.807, 2.05) is 13.8 Å². The highest BCUT2D eigenvalue weighted by Crippen LogP contribution is 2.34. The quantitative estimate of drug-likeness (QED) is 0.559. The van der Waals surface area contributed by atoms with Gasteiger partial charge in [0.15, 0.2) is 0 Å². The van der Waals surface area contributed by atoms with Gasteiger partial charge in [0.25, 0.3) is 0 Å². The summed E-state index contributed by atoms with van der Waals surface area (Å²) in [4.78, 5) is 0. The van der Waals surface area contributed by atoms with E-state index in [0.717, 1.165) is 19.3 Å². The van der Waals surface area contributed by atoms with Crippen LogP contribution in [0.1, 0.15) is 33.1 Å². The van der Waals surface area contributed by atoms with Crippen molar-refractivity contribution in [1.82, 2.24) is 5.32 Å². The molecule has 0 saturated heterocycles. The summed E-state index contributed by atoms with van der Waals surface area (Å²) in [6.07, 6.45) is 2.80. The van der Waals surface area contributed by atoms with Crippen LogP contribution in [0.25, 0.3) is 0 Å². The van der Waals surface area contributed by atoms with Gasteiger partial charge in [-0.3, -0.25) is 0 Å². The first-order valence-corrected chi connectivity index (χ1v) is 4.62. The van der Waals surface area contributed by atoms with Gasteiger partial charge in [-0.2, -0.15) is 0 Å². The lowest BCUT2D eigenvalue weighted by Crippen LogP contribution is -2.45. The summed E-state index contributed by atoms with van der Waals surface area (Å²) in [6, 6.07) is 0. The summed E-state index contributed by atoms with van der Waals surface area (Å²) < 4.78 is 0. The van der Waals surface area contributed by atoms with Gasteiger partial charge >= 0.3 is 0 Å². The first kappa shape index (κ1) is 9.96. The molecule has 0 amide bonds. The molecule has 12 heavy (non-hydrogen) atoms. The van der Waals surface area contributed by atoms with Crippen LogP contribution in [0.5, 0.6) is 0 Å². The van der Waals surface area contributed by atoms with Crippen LogP contribution in [0.4, 0.5) is 0 Å². The number of aliphatic hydroxyl groups is 2. The fourth-order valence-electron chi connectivity index (χ4n) is 1.04. The molecule has 0 bridgehead atoms. The molecule has 1 saturated carbocycles. The van der Waals surface area contributed by atoms with Crippen LogP contribution in [0, 0.1) is 0 Å². The van der Waals surface area contributed by atoms with E-state index in [1.165, 1.54) is 0 Å². The van der Waals surface area contributed by atoms with E-state index in [4.69, 9.17) is 5.11 Å². The number of hydrogen-bond donors (Lipinski definition) is 3. The molecular formula is C9H19NO2. The number of aliphatic hydroxyl groups excluding tert-OH is 1. The predicted molar refractivity (Wildman–Crippen MR) is 48.0 cm³/mol. The number of β-amino-alcohol motifs (C(OH)–C–C–N with tert-alkyl or cyclic N) is 1. The van der Waals surface area contributed by atoms with Crippen molar-refractivity contribution in [3.05, 3.63) is 0 Å². The average Bonchev–Trinajstić information content (AvgIpc) is 2.82. The zero-order chi connectivity index (χ0) is 9.24. The number of hydrogen-bond acceptors (Lipinski definition) is 3. The van der Waals surface area contributed by atoms with Crippen molar-refractivity contribution >= 4 is 0 Å². The van der Waals surface area contributed by atoms with Crippen LogP contribution in [-0.2, 0) is 0 Å². The molecule has 0 heterocycles. The molecule has 1 aliphatic carbocycles. The van der Waals surface area contributed by atoms with Gasteiger partial charge in [0.1, 0.15) is 0 Å². The Bertz CT molecular complexity index is 147. The fourth-order valence-corrected chi connectivity index (χ4v) is 1.04. The number of rotatable bonds is 5. The average molecular weight is 173 g/mol. The highest BCUT2D eigenvalue weighted by Gasteiger charge is 2.42. The van der Waals surface area contributed by atoms with Gasteiger partial charge in [0, 0.05) is 12.1 Å². The van der Waals surface area contributed by atoms with Gasteiger partial charge < -0.3 is 15.5 Å². The van der Waals surface area contributed by atoms with Crippen molar-refractivity contribution in [1.29, 1.82) is 0 Å². The van der Waals surface area contributed by atoms with E-state index in [-0.39, 0.29) is 12.1 Å². The molecular weight excluding hydrogens is 154 g/mol. The molecule has 3 nitrogen and oxygen atoms in total. The Morgan fingerprint density at radius 3 is 2.42 bits per heavy atom. The third-order valence-corrected chi connectivity index (χ3v) is 2.76. The normalized spacial score (nSPS) is 25.0. The Kier molecular flexibility index (Phi) is 2.76. The minimum atomic E-state index is -0.634. The Balaban J connectivity index is 2.25. The van der Waals surface area contributed by atoms with Crippen LogP contribution in [0.3, 0.4) is 0 Å². The molecule has 1 fully saturated rings. The molecule has 72 valence electrons. The molecule has 1 aliphatic rings. The van der Waals surface area contributed by atoms with Gasteiger partial charge in [-0.1, -0.05) is 6.92 Å². The van der Waals surface area contributed by atoms with Gasteiger partial charge in [-0.15, -0.1) is 0 Å². The molecule has 0 aromatic rings. The molecule has 1 rings (SSSR count). The Hall–Kier alpha value is -0.120. The van der Waals surface area contributed by atoms with Gasteiger partial charge in [0.05, 0.1) is 12.2 Å². The summed E-state index contributed by atoms with van der Waals surface area (Å²) in [7, 11) is 0.